The first-order chi connectivity index (χ1) is 10.7. The van der Waals surface area contributed by atoms with Crippen molar-refractivity contribution in [3.8, 4) is 0 Å². The van der Waals surface area contributed by atoms with Crippen molar-refractivity contribution in [3.05, 3.63) is 58.3 Å². The zero-order valence-corrected chi connectivity index (χ0v) is 13.6. The van der Waals surface area contributed by atoms with Crippen LogP contribution in [0.2, 0.25) is 10.0 Å². The molecule has 22 heavy (non-hydrogen) atoms. The molecule has 1 saturated heterocycles. The Kier molecular flexibility index (Phi) is 4.87. The van der Waals surface area contributed by atoms with Crippen LogP contribution in [0.1, 0.15) is 24.5 Å². The van der Waals surface area contributed by atoms with Crippen molar-refractivity contribution in [2.75, 3.05) is 18.0 Å². The highest BCUT2D eigenvalue weighted by atomic mass is 35.5. The number of halogens is 2. The van der Waals surface area contributed by atoms with Gasteiger partial charge in [0.25, 0.3) is 0 Å². The lowest BCUT2D eigenvalue weighted by Crippen LogP contribution is -2.35. The lowest BCUT2D eigenvalue weighted by molar-refractivity contribution is 0.0927. The molecule has 3 nitrogen and oxygen atoms in total. The normalized spacial score (nSPS) is 17.5. The third-order valence-corrected chi connectivity index (χ3v) is 5.09. The van der Waals surface area contributed by atoms with Crippen LogP contribution in [0.5, 0.6) is 0 Å². The molecule has 0 radical (unpaired) electrons. The summed E-state index contributed by atoms with van der Waals surface area (Å²) in [6, 6.07) is 9.50. The van der Waals surface area contributed by atoms with Crippen LogP contribution in [0.4, 0.5) is 5.69 Å². The summed E-state index contributed by atoms with van der Waals surface area (Å²) in [5.74, 6) is 0.249. The number of anilines is 1. The number of rotatable bonds is 3. The minimum Gasteiger partial charge on any atom is -0.388 e. The Morgan fingerprint density at radius 3 is 2.59 bits per heavy atom. The second-order valence-corrected chi connectivity index (χ2v) is 6.41. The van der Waals surface area contributed by atoms with Crippen molar-refractivity contribution in [2.24, 2.45) is 5.92 Å². The number of hydrogen-bond donors (Lipinski definition) is 1. The molecule has 2 heterocycles. The molecule has 1 atom stereocenters. The predicted molar refractivity (Wildman–Crippen MR) is 90.6 cm³/mol. The van der Waals surface area contributed by atoms with Crippen LogP contribution in [-0.4, -0.2) is 23.2 Å². The van der Waals surface area contributed by atoms with E-state index >= 15 is 0 Å². The van der Waals surface area contributed by atoms with Crippen molar-refractivity contribution in [3.63, 3.8) is 0 Å². The van der Waals surface area contributed by atoms with Crippen molar-refractivity contribution in [2.45, 2.75) is 18.9 Å². The maximum Gasteiger partial charge on any atom is 0.0834 e. The Labute approximate surface area is 140 Å². The van der Waals surface area contributed by atoms with Crippen molar-refractivity contribution in [1.82, 2.24) is 4.98 Å². The van der Waals surface area contributed by atoms with Crippen molar-refractivity contribution >= 4 is 28.9 Å². The van der Waals surface area contributed by atoms with Crippen LogP contribution < -0.4 is 4.90 Å². The van der Waals surface area contributed by atoms with Gasteiger partial charge in [0.2, 0.25) is 0 Å². The number of aromatic nitrogens is 1. The first-order valence-corrected chi connectivity index (χ1v) is 8.19. The molecule has 5 heteroatoms. The summed E-state index contributed by atoms with van der Waals surface area (Å²) in [5.41, 5.74) is 1.87. The van der Waals surface area contributed by atoms with Gasteiger partial charge in [0, 0.05) is 25.5 Å². The Hall–Kier alpha value is -1.29. The van der Waals surface area contributed by atoms with Gasteiger partial charge in [-0.3, -0.25) is 4.98 Å². The number of hydrogen-bond acceptors (Lipinski definition) is 3. The van der Waals surface area contributed by atoms with Gasteiger partial charge in [0.1, 0.15) is 0 Å². The van der Waals surface area contributed by atoms with Gasteiger partial charge in [-0.15, -0.1) is 0 Å². The summed E-state index contributed by atoms with van der Waals surface area (Å²) in [4.78, 5) is 6.32. The number of aliphatic hydroxyl groups is 1. The van der Waals surface area contributed by atoms with Crippen LogP contribution in [0, 0.1) is 5.92 Å². The van der Waals surface area contributed by atoms with E-state index in [-0.39, 0.29) is 5.92 Å². The molecule has 0 aliphatic carbocycles. The Morgan fingerprint density at radius 1 is 1.14 bits per heavy atom. The minimum absolute atomic E-state index is 0.249. The molecular weight excluding hydrogens is 319 g/mol. The molecule has 0 saturated carbocycles. The van der Waals surface area contributed by atoms with Crippen LogP contribution >= 0.6 is 23.2 Å². The molecule has 2 aromatic rings. The first-order valence-electron chi connectivity index (χ1n) is 7.44. The number of piperidine rings is 1. The predicted octanol–water partition coefficient (Wildman–Crippen LogP) is 4.34. The largest absolute Gasteiger partial charge is 0.388 e. The van der Waals surface area contributed by atoms with Gasteiger partial charge in [0.05, 0.1) is 21.8 Å². The summed E-state index contributed by atoms with van der Waals surface area (Å²) >= 11 is 12.4. The lowest BCUT2D eigenvalue weighted by Gasteiger charge is -2.36. The van der Waals surface area contributed by atoms with E-state index in [9.17, 15) is 5.11 Å². The van der Waals surface area contributed by atoms with Crippen LogP contribution in [0.3, 0.4) is 0 Å². The second kappa shape index (κ2) is 6.86. The average molecular weight is 337 g/mol. The molecule has 0 amide bonds. The highest BCUT2D eigenvalue weighted by Gasteiger charge is 2.27. The van der Waals surface area contributed by atoms with Crippen molar-refractivity contribution < 1.29 is 5.11 Å². The second-order valence-electron chi connectivity index (χ2n) is 5.63. The fourth-order valence-electron chi connectivity index (χ4n) is 3.02. The standard InChI is InChI=1S/C17H18Cl2N2O/c18-14-4-1-5-15(16(14)19)21-9-6-12(7-10-21)17(22)13-3-2-8-20-11-13/h1-5,8,11-12,17,22H,6-7,9-10H2. The van der Waals surface area contributed by atoms with E-state index in [1.54, 1.807) is 18.5 Å². The molecule has 0 spiro atoms. The monoisotopic (exact) mass is 336 g/mol. The van der Waals surface area contributed by atoms with Gasteiger partial charge in [-0.05, 0) is 42.5 Å². The molecule has 1 unspecified atom stereocenters. The average Bonchev–Trinajstić information content (AvgIpc) is 2.58. The summed E-state index contributed by atoms with van der Waals surface area (Å²) in [6.07, 6.45) is 4.84. The molecule has 0 bridgehead atoms. The molecule has 3 rings (SSSR count). The van der Waals surface area contributed by atoms with Crippen LogP contribution in [-0.2, 0) is 0 Å². The summed E-state index contributed by atoms with van der Waals surface area (Å²) in [6.45, 7) is 1.73. The van der Waals surface area contributed by atoms with Crippen LogP contribution in [0.15, 0.2) is 42.7 Å². The topological polar surface area (TPSA) is 36.4 Å². The van der Waals surface area contributed by atoms with E-state index in [1.165, 1.54) is 0 Å². The van der Waals surface area contributed by atoms with Gasteiger partial charge < -0.3 is 10.0 Å². The molecule has 116 valence electrons. The molecule has 1 aliphatic rings. The zero-order chi connectivity index (χ0) is 15.5. The molecule has 1 aromatic heterocycles. The molecule has 1 aliphatic heterocycles. The summed E-state index contributed by atoms with van der Waals surface area (Å²) in [7, 11) is 0. The smallest absolute Gasteiger partial charge is 0.0834 e. The Bertz CT molecular complexity index is 628. The molecule has 1 aromatic carbocycles. The lowest BCUT2D eigenvalue weighted by atomic mass is 9.88. The third-order valence-electron chi connectivity index (χ3n) is 4.28. The highest BCUT2D eigenvalue weighted by Crippen LogP contribution is 2.36. The van der Waals surface area contributed by atoms with E-state index in [4.69, 9.17) is 23.2 Å². The van der Waals surface area contributed by atoms with Gasteiger partial charge >= 0.3 is 0 Å². The molecule has 1 N–H and O–H groups in total. The Balaban J connectivity index is 1.66. The number of benzene rings is 1. The highest BCUT2D eigenvalue weighted by molar-refractivity contribution is 6.43. The van der Waals surface area contributed by atoms with Gasteiger partial charge in [-0.2, -0.15) is 0 Å². The van der Waals surface area contributed by atoms with Gasteiger partial charge in [0.15, 0.2) is 0 Å². The van der Waals surface area contributed by atoms with Crippen molar-refractivity contribution in [1.29, 1.82) is 0 Å². The van der Waals surface area contributed by atoms with E-state index in [0.717, 1.165) is 37.2 Å². The number of aliphatic hydroxyl groups excluding tert-OH is 1. The molecule has 1 fully saturated rings. The fraction of sp³-hybridized carbons (Fsp3) is 0.353. The zero-order valence-electron chi connectivity index (χ0n) is 12.1. The number of nitrogens with zero attached hydrogens (tertiary/aromatic N) is 2. The SMILES string of the molecule is OC(c1cccnc1)C1CCN(c2cccc(Cl)c2Cl)CC1. The third kappa shape index (κ3) is 3.22. The van der Waals surface area contributed by atoms with Crippen LogP contribution in [0.25, 0.3) is 0 Å². The fourth-order valence-corrected chi connectivity index (χ4v) is 3.43. The van der Waals surface area contributed by atoms with Gasteiger partial charge in [-0.1, -0.05) is 35.3 Å². The van der Waals surface area contributed by atoms with E-state index in [1.807, 2.05) is 24.3 Å². The Morgan fingerprint density at radius 2 is 1.91 bits per heavy atom. The van der Waals surface area contributed by atoms with E-state index in [0.29, 0.717) is 10.0 Å². The number of pyridine rings is 1. The minimum atomic E-state index is -0.453. The maximum atomic E-state index is 10.5. The molecular formula is C17H18Cl2N2O. The van der Waals surface area contributed by atoms with Gasteiger partial charge in [-0.25, -0.2) is 0 Å². The quantitative estimate of drug-likeness (QED) is 0.905. The first kappa shape index (κ1) is 15.6. The van der Waals surface area contributed by atoms with E-state index < -0.39 is 6.10 Å². The maximum absolute atomic E-state index is 10.5. The van der Waals surface area contributed by atoms with E-state index in [2.05, 4.69) is 9.88 Å². The summed E-state index contributed by atoms with van der Waals surface area (Å²) in [5, 5.41) is 11.7. The summed E-state index contributed by atoms with van der Waals surface area (Å²) < 4.78 is 0.